The summed E-state index contributed by atoms with van der Waals surface area (Å²) in [5, 5.41) is 4.10. The maximum absolute atomic E-state index is 11.1. The molecule has 0 fully saturated rings. The predicted molar refractivity (Wildman–Crippen MR) is 70.0 cm³/mol. The maximum Gasteiger partial charge on any atom is 0.159 e. The molecule has 0 N–H and O–H groups in total. The van der Waals surface area contributed by atoms with Gasteiger partial charge in [-0.25, -0.2) is 0 Å². The molecule has 1 heterocycles. The molecule has 3 heteroatoms. The molecular formula is C14H18N2O. The van der Waals surface area contributed by atoms with Crippen molar-refractivity contribution in [3.8, 4) is 11.1 Å². The third-order valence-corrected chi connectivity index (χ3v) is 2.33. The van der Waals surface area contributed by atoms with Crippen molar-refractivity contribution in [1.29, 1.82) is 0 Å². The molecule has 0 unspecified atom stereocenters. The lowest BCUT2D eigenvalue weighted by molar-refractivity contribution is 0.101. The number of rotatable bonds is 2. The third-order valence-electron chi connectivity index (χ3n) is 2.33. The van der Waals surface area contributed by atoms with Crippen LogP contribution in [0.2, 0.25) is 0 Å². The van der Waals surface area contributed by atoms with Gasteiger partial charge in [0, 0.05) is 24.4 Å². The Balaban J connectivity index is 0.000000686. The number of hydrogen-bond acceptors (Lipinski definition) is 2. The molecule has 1 aromatic carbocycles. The molecule has 0 atom stereocenters. The summed E-state index contributed by atoms with van der Waals surface area (Å²) in [6.07, 6.45) is 3.76. The van der Waals surface area contributed by atoms with Crippen molar-refractivity contribution in [2.24, 2.45) is 7.05 Å². The van der Waals surface area contributed by atoms with Gasteiger partial charge in [0.05, 0.1) is 6.20 Å². The van der Waals surface area contributed by atoms with E-state index in [0.717, 1.165) is 16.7 Å². The van der Waals surface area contributed by atoms with Crippen LogP contribution in [0.4, 0.5) is 0 Å². The van der Waals surface area contributed by atoms with Crippen LogP contribution < -0.4 is 0 Å². The van der Waals surface area contributed by atoms with Gasteiger partial charge in [0.2, 0.25) is 0 Å². The van der Waals surface area contributed by atoms with E-state index in [1.165, 1.54) is 0 Å². The molecule has 0 radical (unpaired) electrons. The zero-order chi connectivity index (χ0) is 12.8. The van der Waals surface area contributed by atoms with E-state index in [-0.39, 0.29) is 5.78 Å². The Bertz CT molecular complexity index is 483. The molecule has 0 amide bonds. The molecule has 0 saturated carbocycles. The summed E-state index contributed by atoms with van der Waals surface area (Å²) in [6, 6.07) is 7.55. The average molecular weight is 230 g/mol. The molecule has 3 nitrogen and oxygen atoms in total. The van der Waals surface area contributed by atoms with Gasteiger partial charge >= 0.3 is 0 Å². The van der Waals surface area contributed by atoms with E-state index in [4.69, 9.17) is 0 Å². The minimum Gasteiger partial charge on any atom is -0.295 e. The number of ketones is 1. The van der Waals surface area contributed by atoms with Crippen LogP contribution in [0.15, 0.2) is 36.7 Å². The predicted octanol–water partition coefficient (Wildman–Crippen LogP) is 3.32. The second-order valence-corrected chi connectivity index (χ2v) is 3.54. The van der Waals surface area contributed by atoms with Crippen LogP contribution in [0.3, 0.4) is 0 Å². The number of benzene rings is 1. The number of carbonyl (C=O) groups is 1. The first-order chi connectivity index (χ1) is 8.16. The highest BCUT2D eigenvalue weighted by Crippen LogP contribution is 2.18. The summed E-state index contributed by atoms with van der Waals surface area (Å²) < 4.78 is 1.76. The van der Waals surface area contributed by atoms with Crippen molar-refractivity contribution >= 4 is 5.78 Å². The topological polar surface area (TPSA) is 34.9 Å². The van der Waals surface area contributed by atoms with E-state index >= 15 is 0 Å². The summed E-state index contributed by atoms with van der Waals surface area (Å²) in [5.41, 5.74) is 2.88. The second kappa shape index (κ2) is 5.99. The molecule has 2 aromatic rings. The van der Waals surface area contributed by atoms with E-state index < -0.39 is 0 Å². The highest BCUT2D eigenvalue weighted by atomic mass is 16.1. The summed E-state index contributed by atoms with van der Waals surface area (Å²) in [4.78, 5) is 11.1. The SMILES string of the molecule is CC.CC(=O)c1ccc(-c2cnn(C)c2)cc1. The lowest BCUT2D eigenvalue weighted by atomic mass is 10.1. The molecule has 1 aromatic heterocycles. The van der Waals surface area contributed by atoms with Gasteiger partial charge in [-0.2, -0.15) is 5.10 Å². The molecule has 0 aliphatic heterocycles. The Morgan fingerprint density at radius 1 is 1.12 bits per heavy atom. The lowest BCUT2D eigenvalue weighted by Gasteiger charge is -1.98. The highest BCUT2D eigenvalue weighted by molar-refractivity contribution is 5.94. The summed E-state index contributed by atoms with van der Waals surface area (Å²) in [5.74, 6) is 0.0905. The van der Waals surface area contributed by atoms with Gasteiger partial charge in [-0.1, -0.05) is 38.1 Å². The smallest absolute Gasteiger partial charge is 0.159 e. The standard InChI is InChI=1S/C12H12N2O.C2H6/c1-9(15)10-3-5-11(6-4-10)12-7-13-14(2)8-12;1-2/h3-8H,1-2H3;1-2H3. The maximum atomic E-state index is 11.1. The fraction of sp³-hybridized carbons (Fsp3) is 0.286. The van der Waals surface area contributed by atoms with Crippen molar-refractivity contribution in [3.05, 3.63) is 42.2 Å². The molecule has 0 aliphatic rings. The molecule has 0 saturated heterocycles. The van der Waals surface area contributed by atoms with Crippen molar-refractivity contribution in [2.75, 3.05) is 0 Å². The molecule has 90 valence electrons. The Morgan fingerprint density at radius 2 is 1.71 bits per heavy atom. The fourth-order valence-corrected chi connectivity index (χ4v) is 1.47. The fourth-order valence-electron chi connectivity index (χ4n) is 1.47. The van der Waals surface area contributed by atoms with Gasteiger partial charge in [-0.15, -0.1) is 0 Å². The molecule has 0 spiro atoms. The van der Waals surface area contributed by atoms with Crippen molar-refractivity contribution in [2.45, 2.75) is 20.8 Å². The van der Waals surface area contributed by atoms with E-state index in [1.807, 2.05) is 57.6 Å². The van der Waals surface area contributed by atoms with Crippen LogP contribution in [0, 0.1) is 0 Å². The molecule has 17 heavy (non-hydrogen) atoms. The Hall–Kier alpha value is -1.90. The normalized spacial score (nSPS) is 9.41. The largest absolute Gasteiger partial charge is 0.295 e. The van der Waals surface area contributed by atoms with Crippen LogP contribution in [0.25, 0.3) is 11.1 Å². The molecule has 0 bridgehead atoms. The Labute approximate surface area is 102 Å². The Kier molecular flexibility index (Phi) is 4.64. The van der Waals surface area contributed by atoms with E-state index in [9.17, 15) is 4.79 Å². The van der Waals surface area contributed by atoms with Crippen molar-refractivity contribution < 1.29 is 4.79 Å². The monoisotopic (exact) mass is 230 g/mol. The van der Waals surface area contributed by atoms with Gasteiger partial charge in [0.15, 0.2) is 5.78 Å². The van der Waals surface area contributed by atoms with Crippen LogP contribution >= 0.6 is 0 Å². The van der Waals surface area contributed by atoms with Gasteiger partial charge in [-0.3, -0.25) is 9.48 Å². The molecule has 0 aliphatic carbocycles. The number of carbonyl (C=O) groups excluding carboxylic acids is 1. The molecular weight excluding hydrogens is 212 g/mol. The zero-order valence-corrected chi connectivity index (χ0v) is 10.8. The van der Waals surface area contributed by atoms with Crippen LogP contribution in [0.5, 0.6) is 0 Å². The number of hydrogen-bond donors (Lipinski definition) is 0. The third kappa shape index (κ3) is 3.28. The summed E-state index contributed by atoms with van der Waals surface area (Å²) in [6.45, 7) is 5.57. The van der Waals surface area contributed by atoms with Crippen LogP contribution in [0.1, 0.15) is 31.1 Å². The summed E-state index contributed by atoms with van der Waals surface area (Å²) >= 11 is 0. The van der Waals surface area contributed by atoms with Gasteiger partial charge in [-0.05, 0) is 12.5 Å². The van der Waals surface area contributed by atoms with E-state index in [1.54, 1.807) is 11.6 Å². The van der Waals surface area contributed by atoms with Crippen LogP contribution in [-0.4, -0.2) is 15.6 Å². The first-order valence-electron chi connectivity index (χ1n) is 5.77. The first kappa shape index (κ1) is 13.2. The minimum absolute atomic E-state index is 0.0905. The number of aryl methyl sites for hydroxylation is 1. The van der Waals surface area contributed by atoms with Gasteiger partial charge in [0.1, 0.15) is 0 Å². The Morgan fingerprint density at radius 3 is 2.12 bits per heavy atom. The minimum atomic E-state index is 0.0905. The van der Waals surface area contributed by atoms with Crippen LogP contribution in [-0.2, 0) is 7.05 Å². The van der Waals surface area contributed by atoms with Gasteiger partial charge < -0.3 is 0 Å². The number of Topliss-reactive ketones (excluding diaryl/α,β-unsaturated/α-hetero) is 1. The summed E-state index contributed by atoms with van der Waals surface area (Å²) in [7, 11) is 1.88. The number of nitrogens with zero attached hydrogens (tertiary/aromatic N) is 2. The number of aromatic nitrogens is 2. The molecule has 2 rings (SSSR count). The lowest BCUT2D eigenvalue weighted by Crippen LogP contribution is -1.90. The van der Waals surface area contributed by atoms with Crippen molar-refractivity contribution in [1.82, 2.24) is 9.78 Å². The highest BCUT2D eigenvalue weighted by Gasteiger charge is 2.02. The quantitative estimate of drug-likeness (QED) is 0.742. The van der Waals surface area contributed by atoms with E-state index in [0.29, 0.717) is 0 Å². The van der Waals surface area contributed by atoms with Gasteiger partial charge in [0.25, 0.3) is 0 Å². The second-order valence-electron chi connectivity index (χ2n) is 3.54. The van der Waals surface area contributed by atoms with Crippen molar-refractivity contribution in [3.63, 3.8) is 0 Å². The van der Waals surface area contributed by atoms with E-state index in [2.05, 4.69) is 5.10 Å². The average Bonchev–Trinajstić information content (AvgIpc) is 2.79. The zero-order valence-electron chi connectivity index (χ0n) is 10.8. The first-order valence-corrected chi connectivity index (χ1v) is 5.77.